The summed E-state index contributed by atoms with van der Waals surface area (Å²) in [5, 5.41) is 13.1. The van der Waals surface area contributed by atoms with Crippen molar-refractivity contribution in [2.45, 2.75) is 44.6 Å². The van der Waals surface area contributed by atoms with Crippen molar-refractivity contribution in [3.05, 3.63) is 11.9 Å². The van der Waals surface area contributed by atoms with E-state index in [-0.39, 0.29) is 6.61 Å². The van der Waals surface area contributed by atoms with Crippen LogP contribution in [0.1, 0.15) is 38.9 Å². The Bertz CT molecular complexity index is 347. The van der Waals surface area contributed by atoms with Crippen LogP contribution >= 0.6 is 11.8 Å². The zero-order chi connectivity index (χ0) is 13.2. The molecule has 0 aliphatic rings. The first-order valence-electron chi connectivity index (χ1n) is 6.65. The molecular weight excluding hydrogens is 246 g/mol. The number of aliphatic hydroxyl groups is 1. The predicted molar refractivity (Wildman–Crippen MR) is 77.2 cm³/mol. The molecule has 1 aromatic rings. The molecule has 0 saturated heterocycles. The lowest BCUT2D eigenvalue weighted by molar-refractivity contribution is 0.296. The molecule has 0 atom stereocenters. The Kier molecular flexibility index (Phi) is 7.76. The van der Waals surface area contributed by atoms with Gasteiger partial charge in [-0.3, -0.25) is 0 Å². The Labute approximate surface area is 114 Å². The first-order valence-corrected chi connectivity index (χ1v) is 7.64. The SMILES string of the molecule is CCCNc1cc(SCCCO)nc(CCC)n1. The Morgan fingerprint density at radius 2 is 2.11 bits per heavy atom. The van der Waals surface area contributed by atoms with Gasteiger partial charge in [0.05, 0.1) is 0 Å². The molecular formula is C13H23N3OS. The number of anilines is 1. The molecule has 0 saturated carbocycles. The van der Waals surface area contributed by atoms with Crippen molar-refractivity contribution in [3.63, 3.8) is 0 Å². The number of hydrogen-bond acceptors (Lipinski definition) is 5. The molecule has 0 bridgehead atoms. The van der Waals surface area contributed by atoms with E-state index in [2.05, 4.69) is 29.1 Å². The zero-order valence-corrected chi connectivity index (χ0v) is 12.1. The number of rotatable bonds is 9. The fraction of sp³-hybridized carbons (Fsp3) is 0.692. The Morgan fingerprint density at radius 3 is 2.78 bits per heavy atom. The molecule has 0 radical (unpaired) electrons. The van der Waals surface area contributed by atoms with Crippen LogP contribution in [0.2, 0.25) is 0 Å². The third-order valence-corrected chi connectivity index (χ3v) is 3.33. The first kappa shape index (κ1) is 15.2. The van der Waals surface area contributed by atoms with Crippen LogP contribution in [0.15, 0.2) is 11.1 Å². The topological polar surface area (TPSA) is 58.0 Å². The second-order valence-corrected chi connectivity index (χ2v) is 5.23. The van der Waals surface area contributed by atoms with Crippen LogP contribution < -0.4 is 5.32 Å². The maximum absolute atomic E-state index is 8.80. The normalized spacial score (nSPS) is 10.6. The lowest BCUT2D eigenvalue weighted by Crippen LogP contribution is -2.06. The Hall–Kier alpha value is -0.810. The maximum atomic E-state index is 8.80. The van der Waals surface area contributed by atoms with E-state index in [0.717, 1.165) is 54.6 Å². The van der Waals surface area contributed by atoms with Crippen LogP contribution in [-0.2, 0) is 6.42 Å². The van der Waals surface area contributed by atoms with E-state index in [9.17, 15) is 0 Å². The van der Waals surface area contributed by atoms with E-state index in [1.807, 2.05) is 6.07 Å². The molecule has 0 amide bonds. The van der Waals surface area contributed by atoms with Gasteiger partial charge in [0.2, 0.25) is 0 Å². The predicted octanol–water partition coefficient (Wildman–Crippen LogP) is 2.73. The molecule has 0 unspecified atom stereocenters. The first-order chi connectivity index (χ1) is 8.80. The van der Waals surface area contributed by atoms with Crippen LogP contribution in [0, 0.1) is 0 Å². The summed E-state index contributed by atoms with van der Waals surface area (Å²) in [4.78, 5) is 9.04. The number of aryl methyl sites for hydroxylation is 1. The third-order valence-electron chi connectivity index (χ3n) is 2.33. The Morgan fingerprint density at radius 1 is 1.28 bits per heavy atom. The maximum Gasteiger partial charge on any atom is 0.132 e. The van der Waals surface area contributed by atoms with Gasteiger partial charge in [0.25, 0.3) is 0 Å². The molecule has 102 valence electrons. The number of nitrogens with one attached hydrogen (secondary N) is 1. The molecule has 0 spiro atoms. The fourth-order valence-electron chi connectivity index (χ4n) is 1.47. The van der Waals surface area contributed by atoms with Gasteiger partial charge in [0, 0.05) is 31.4 Å². The largest absolute Gasteiger partial charge is 0.396 e. The van der Waals surface area contributed by atoms with Gasteiger partial charge < -0.3 is 10.4 Å². The van der Waals surface area contributed by atoms with Crippen molar-refractivity contribution < 1.29 is 5.11 Å². The second-order valence-electron chi connectivity index (χ2n) is 4.11. The van der Waals surface area contributed by atoms with Crippen LogP contribution in [0.4, 0.5) is 5.82 Å². The van der Waals surface area contributed by atoms with E-state index in [4.69, 9.17) is 5.11 Å². The van der Waals surface area contributed by atoms with Crippen molar-refractivity contribution in [2.75, 3.05) is 24.2 Å². The van der Waals surface area contributed by atoms with E-state index in [1.165, 1.54) is 0 Å². The third kappa shape index (κ3) is 5.69. The number of nitrogens with zero attached hydrogens (tertiary/aromatic N) is 2. The molecule has 1 rings (SSSR count). The minimum atomic E-state index is 0.237. The van der Waals surface area contributed by atoms with Gasteiger partial charge in [-0.1, -0.05) is 13.8 Å². The van der Waals surface area contributed by atoms with Crippen LogP contribution in [0.5, 0.6) is 0 Å². The number of hydrogen-bond donors (Lipinski definition) is 2. The Balaban J connectivity index is 2.70. The highest BCUT2D eigenvalue weighted by Gasteiger charge is 2.04. The fourth-order valence-corrected chi connectivity index (χ4v) is 2.31. The van der Waals surface area contributed by atoms with E-state index in [0.29, 0.717) is 0 Å². The van der Waals surface area contributed by atoms with Crippen LogP contribution in [0.3, 0.4) is 0 Å². The van der Waals surface area contributed by atoms with Gasteiger partial charge in [0.1, 0.15) is 16.7 Å². The molecule has 18 heavy (non-hydrogen) atoms. The number of aromatic nitrogens is 2. The zero-order valence-electron chi connectivity index (χ0n) is 11.3. The van der Waals surface area contributed by atoms with Crippen molar-refractivity contribution in [1.29, 1.82) is 0 Å². The number of thioether (sulfide) groups is 1. The van der Waals surface area contributed by atoms with Crippen molar-refractivity contribution in [2.24, 2.45) is 0 Å². The molecule has 0 fully saturated rings. The lowest BCUT2D eigenvalue weighted by atomic mass is 10.3. The highest BCUT2D eigenvalue weighted by molar-refractivity contribution is 7.99. The average molecular weight is 269 g/mol. The quantitative estimate of drug-likeness (QED) is 0.410. The van der Waals surface area contributed by atoms with E-state index < -0.39 is 0 Å². The van der Waals surface area contributed by atoms with Crippen molar-refractivity contribution in [1.82, 2.24) is 9.97 Å². The van der Waals surface area contributed by atoms with Crippen LogP contribution in [-0.4, -0.2) is 34.0 Å². The van der Waals surface area contributed by atoms with E-state index in [1.54, 1.807) is 11.8 Å². The highest BCUT2D eigenvalue weighted by Crippen LogP contribution is 2.20. The van der Waals surface area contributed by atoms with Gasteiger partial charge in [-0.25, -0.2) is 9.97 Å². The molecule has 2 N–H and O–H groups in total. The summed E-state index contributed by atoms with van der Waals surface area (Å²) in [7, 11) is 0. The summed E-state index contributed by atoms with van der Waals surface area (Å²) < 4.78 is 0. The van der Waals surface area contributed by atoms with Gasteiger partial charge in [0.15, 0.2) is 0 Å². The summed E-state index contributed by atoms with van der Waals surface area (Å²) in [5.74, 6) is 2.72. The van der Waals surface area contributed by atoms with E-state index >= 15 is 0 Å². The number of aliphatic hydroxyl groups excluding tert-OH is 1. The lowest BCUT2D eigenvalue weighted by Gasteiger charge is -2.08. The molecule has 0 aliphatic carbocycles. The monoisotopic (exact) mass is 269 g/mol. The smallest absolute Gasteiger partial charge is 0.132 e. The minimum Gasteiger partial charge on any atom is -0.396 e. The van der Waals surface area contributed by atoms with Gasteiger partial charge in [-0.05, 0) is 19.3 Å². The average Bonchev–Trinajstić information content (AvgIpc) is 2.37. The molecule has 1 heterocycles. The van der Waals surface area contributed by atoms with Crippen molar-refractivity contribution in [3.8, 4) is 0 Å². The summed E-state index contributed by atoms with van der Waals surface area (Å²) in [5.41, 5.74) is 0. The highest BCUT2D eigenvalue weighted by atomic mass is 32.2. The van der Waals surface area contributed by atoms with Gasteiger partial charge in [-0.15, -0.1) is 11.8 Å². The van der Waals surface area contributed by atoms with Gasteiger partial charge >= 0.3 is 0 Å². The molecule has 1 aromatic heterocycles. The summed E-state index contributed by atoms with van der Waals surface area (Å²) in [6.45, 7) is 5.44. The molecule has 0 aliphatic heterocycles. The second kappa shape index (κ2) is 9.16. The molecule has 5 heteroatoms. The minimum absolute atomic E-state index is 0.237. The summed E-state index contributed by atoms with van der Waals surface area (Å²) in [6, 6.07) is 2.00. The van der Waals surface area contributed by atoms with Crippen molar-refractivity contribution >= 4 is 17.6 Å². The van der Waals surface area contributed by atoms with Crippen LogP contribution in [0.25, 0.3) is 0 Å². The summed E-state index contributed by atoms with van der Waals surface area (Å²) >= 11 is 1.68. The molecule has 4 nitrogen and oxygen atoms in total. The summed E-state index contributed by atoms with van der Waals surface area (Å²) in [6.07, 6.45) is 3.85. The van der Waals surface area contributed by atoms with Gasteiger partial charge in [-0.2, -0.15) is 0 Å². The molecule has 0 aromatic carbocycles. The standard InChI is InChI=1S/C13H23N3OS/c1-3-6-11-15-12(14-7-4-2)10-13(16-11)18-9-5-8-17/h10,17H,3-9H2,1-2H3,(H,14,15,16).